The number of halogens is 3. The Kier molecular flexibility index (Phi) is 4.67. The first-order valence-electron chi connectivity index (χ1n) is 6.35. The lowest BCUT2D eigenvalue weighted by atomic mass is 10.0. The molecule has 0 heterocycles. The van der Waals surface area contributed by atoms with Crippen LogP contribution in [0.5, 0.6) is 5.75 Å². The first-order valence-corrected chi connectivity index (χ1v) is 7.76. The molecule has 25 heavy (non-hydrogen) atoms. The lowest BCUT2D eigenvalue weighted by molar-refractivity contribution is -0.385. The predicted octanol–water partition coefficient (Wildman–Crippen LogP) is 3.36. The van der Waals surface area contributed by atoms with Crippen LogP contribution in [-0.2, 0) is 10.1 Å². The number of nitriles is 1. The minimum atomic E-state index is -6.03. The van der Waals surface area contributed by atoms with Crippen LogP contribution in [0.3, 0.4) is 0 Å². The van der Waals surface area contributed by atoms with Crippen LogP contribution in [0.4, 0.5) is 18.9 Å². The third-order valence-electron chi connectivity index (χ3n) is 2.99. The number of nitro benzene ring substituents is 1. The van der Waals surface area contributed by atoms with Crippen molar-refractivity contribution >= 4 is 15.8 Å². The number of hydrogen-bond donors (Lipinski definition) is 0. The number of nitrogens with zero attached hydrogens (tertiary/aromatic N) is 2. The van der Waals surface area contributed by atoms with Crippen molar-refractivity contribution in [2.24, 2.45) is 0 Å². The zero-order valence-electron chi connectivity index (χ0n) is 12.0. The SMILES string of the molecule is N#Cc1ccc(-c2ccc(OS(=O)(=O)C(F)(F)F)c([N+](=O)[O-])c2)cc1. The summed E-state index contributed by atoms with van der Waals surface area (Å²) in [5.41, 5.74) is -5.66. The van der Waals surface area contributed by atoms with Crippen LogP contribution in [0.2, 0.25) is 0 Å². The smallest absolute Gasteiger partial charge is 0.369 e. The molecule has 0 spiro atoms. The van der Waals surface area contributed by atoms with E-state index < -0.39 is 32.0 Å². The monoisotopic (exact) mass is 372 g/mol. The van der Waals surface area contributed by atoms with Crippen LogP contribution < -0.4 is 4.18 Å². The molecule has 0 unspecified atom stereocenters. The van der Waals surface area contributed by atoms with Crippen LogP contribution in [-0.4, -0.2) is 18.8 Å². The van der Waals surface area contributed by atoms with Crippen LogP contribution in [0.1, 0.15) is 5.56 Å². The second-order valence-electron chi connectivity index (χ2n) is 4.61. The van der Waals surface area contributed by atoms with Crippen molar-refractivity contribution in [2.45, 2.75) is 5.51 Å². The largest absolute Gasteiger partial charge is 0.534 e. The fourth-order valence-electron chi connectivity index (χ4n) is 1.81. The Morgan fingerprint density at radius 1 is 1.08 bits per heavy atom. The van der Waals surface area contributed by atoms with Crippen molar-refractivity contribution in [3.8, 4) is 22.9 Å². The van der Waals surface area contributed by atoms with Gasteiger partial charge in [-0.1, -0.05) is 18.2 Å². The Balaban J connectivity index is 2.48. The second-order valence-corrected chi connectivity index (χ2v) is 6.15. The highest BCUT2D eigenvalue weighted by molar-refractivity contribution is 7.88. The minimum Gasteiger partial charge on any atom is -0.369 e. The average Bonchev–Trinajstić information content (AvgIpc) is 2.53. The molecule has 2 rings (SSSR count). The molecule has 0 aliphatic rings. The Morgan fingerprint density at radius 3 is 2.12 bits per heavy atom. The summed E-state index contributed by atoms with van der Waals surface area (Å²) >= 11 is 0. The molecule has 130 valence electrons. The summed E-state index contributed by atoms with van der Waals surface area (Å²) in [6, 6.07) is 10.5. The van der Waals surface area contributed by atoms with Gasteiger partial charge in [-0.25, -0.2) is 0 Å². The average molecular weight is 372 g/mol. The van der Waals surface area contributed by atoms with Crippen molar-refractivity contribution < 1.29 is 30.7 Å². The van der Waals surface area contributed by atoms with Gasteiger partial charge in [0, 0.05) is 6.07 Å². The van der Waals surface area contributed by atoms with Crippen molar-refractivity contribution in [1.29, 1.82) is 5.26 Å². The lowest BCUT2D eigenvalue weighted by Gasteiger charge is -2.10. The van der Waals surface area contributed by atoms with E-state index in [1.807, 2.05) is 6.07 Å². The standard InChI is InChI=1S/C14H7F3N2O5S/c15-14(16,17)25(22,23)24-13-6-5-11(7-12(13)19(20)21)10-3-1-9(8-18)2-4-10/h1-7H. The predicted molar refractivity (Wildman–Crippen MR) is 78.9 cm³/mol. The van der Waals surface area contributed by atoms with E-state index in [-0.39, 0.29) is 5.56 Å². The molecule has 11 heteroatoms. The molecule has 0 fully saturated rings. The van der Waals surface area contributed by atoms with Crippen LogP contribution >= 0.6 is 0 Å². The molecule has 0 aliphatic carbocycles. The Bertz CT molecular complexity index is 963. The number of hydrogen-bond acceptors (Lipinski definition) is 6. The summed E-state index contributed by atoms with van der Waals surface area (Å²) in [4.78, 5) is 9.99. The summed E-state index contributed by atoms with van der Waals surface area (Å²) in [6.45, 7) is 0. The van der Waals surface area contributed by atoms with E-state index in [1.165, 1.54) is 24.3 Å². The molecule has 0 aromatic heterocycles. The van der Waals surface area contributed by atoms with Gasteiger partial charge in [-0.05, 0) is 29.3 Å². The maximum atomic E-state index is 12.4. The molecule has 0 saturated heterocycles. The van der Waals surface area contributed by atoms with E-state index in [4.69, 9.17) is 5.26 Å². The van der Waals surface area contributed by atoms with E-state index >= 15 is 0 Å². The van der Waals surface area contributed by atoms with Gasteiger partial charge >= 0.3 is 21.3 Å². The van der Waals surface area contributed by atoms with E-state index in [0.29, 0.717) is 11.1 Å². The summed E-state index contributed by atoms with van der Waals surface area (Å²) < 4.78 is 63.0. The van der Waals surface area contributed by atoms with Crippen LogP contribution in [0, 0.1) is 21.4 Å². The molecule has 7 nitrogen and oxygen atoms in total. The molecule has 0 N–H and O–H groups in total. The topological polar surface area (TPSA) is 110 Å². The number of rotatable bonds is 4. The Hall–Kier alpha value is -3.13. The number of alkyl halides is 3. The van der Waals surface area contributed by atoms with E-state index in [1.54, 1.807) is 0 Å². The van der Waals surface area contributed by atoms with E-state index in [9.17, 15) is 31.7 Å². The van der Waals surface area contributed by atoms with Gasteiger partial charge in [-0.15, -0.1) is 0 Å². The Labute approximate surface area is 139 Å². The summed E-state index contributed by atoms with van der Waals surface area (Å²) in [6.07, 6.45) is 0. The minimum absolute atomic E-state index is 0.230. The third-order valence-corrected chi connectivity index (χ3v) is 3.95. The third kappa shape index (κ3) is 3.86. The molecule has 0 atom stereocenters. The molecule has 0 radical (unpaired) electrons. The van der Waals surface area contributed by atoms with Gasteiger partial charge in [0.25, 0.3) is 0 Å². The molecule has 2 aromatic carbocycles. The van der Waals surface area contributed by atoms with Crippen LogP contribution in [0.15, 0.2) is 42.5 Å². The first-order chi connectivity index (χ1) is 11.5. The summed E-state index contributed by atoms with van der Waals surface area (Å²) in [5.74, 6) is -1.06. The highest BCUT2D eigenvalue weighted by Gasteiger charge is 2.49. The first kappa shape index (κ1) is 18.2. The molecule has 0 amide bonds. The summed E-state index contributed by atoms with van der Waals surface area (Å²) in [5, 5.41) is 19.8. The zero-order valence-corrected chi connectivity index (χ0v) is 12.8. The van der Waals surface area contributed by atoms with Gasteiger partial charge in [0.2, 0.25) is 5.75 Å². The van der Waals surface area contributed by atoms with Crippen molar-refractivity contribution in [2.75, 3.05) is 0 Å². The van der Waals surface area contributed by atoms with Gasteiger partial charge in [-0.3, -0.25) is 10.1 Å². The van der Waals surface area contributed by atoms with Crippen molar-refractivity contribution in [3.63, 3.8) is 0 Å². The molecular formula is C14H7F3N2O5S. The van der Waals surface area contributed by atoms with Gasteiger partial charge in [0.05, 0.1) is 16.6 Å². The van der Waals surface area contributed by atoms with Crippen molar-refractivity contribution in [1.82, 2.24) is 0 Å². The fourth-order valence-corrected chi connectivity index (χ4v) is 2.28. The molecule has 2 aromatic rings. The number of nitro groups is 1. The van der Waals surface area contributed by atoms with Crippen molar-refractivity contribution in [3.05, 3.63) is 58.1 Å². The van der Waals surface area contributed by atoms with Gasteiger partial charge in [0.1, 0.15) is 0 Å². The van der Waals surface area contributed by atoms with Gasteiger partial charge in [-0.2, -0.15) is 26.9 Å². The normalized spacial score (nSPS) is 11.6. The molecule has 0 saturated carbocycles. The van der Waals surface area contributed by atoms with Gasteiger partial charge in [0.15, 0.2) is 0 Å². The molecule has 0 aliphatic heterocycles. The van der Waals surface area contributed by atoms with Gasteiger partial charge < -0.3 is 4.18 Å². The molecular weight excluding hydrogens is 365 g/mol. The highest BCUT2D eigenvalue weighted by Crippen LogP contribution is 2.35. The lowest BCUT2D eigenvalue weighted by Crippen LogP contribution is -2.28. The number of benzene rings is 2. The highest BCUT2D eigenvalue weighted by atomic mass is 32.2. The van der Waals surface area contributed by atoms with E-state index in [0.717, 1.165) is 18.2 Å². The Morgan fingerprint density at radius 2 is 1.64 bits per heavy atom. The quantitative estimate of drug-likeness (QED) is 0.352. The summed E-state index contributed by atoms with van der Waals surface area (Å²) in [7, 11) is -6.03. The fraction of sp³-hybridized carbons (Fsp3) is 0.0714. The zero-order chi connectivity index (χ0) is 18.8. The van der Waals surface area contributed by atoms with Crippen LogP contribution in [0.25, 0.3) is 11.1 Å². The maximum Gasteiger partial charge on any atom is 0.534 e. The maximum absolute atomic E-state index is 12.4. The molecule has 0 bridgehead atoms. The van der Waals surface area contributed by atoms with E-state index in [2.05, 4.69) is 4.18 Å². The second kappa shape index (κ2) is 6.40.